The van der Waals surface area contributed by atoms with Crippen molar-refractivity contribution >= 4 is 0 Å². The van der Waals surface area contributed by atoms with Crippen molar-refractivity contribution in [1.82, 2.24) is 20.0 Å². The lowest BCUT2D eigenvalue weighted by atomic mass is 10.1. The van der Waals surface area contributed by atoms with Gasteiger partial charge in [-0.15, -0.1) is 10.2 Å². The average Bonchev–Trinajstić information content (AvgIpc) is 3.27. The third kappa shape index (κ3) is 2.96. The highest BCUT2D eigenvalue weighted by molar-refractivity contribution is 5.61. The van der Waals surface area contributed by atoms with Crippen molar-refractivity contribution < 1.29 is 4.42 Å². The molecule has 0 unspecified atom stereocenters. The molecule has 24 heavy (non-hydrogen) atoms. The highest BCUT2D eigenvalue weighted by Gasteiger charge is 2.10. The Morgan fingerprint density at radius 3 is 2.46 bits per heavy atom. The zero-order valence-corrected chi connectivity index (χ0v) is 13.3. The molecule has 0 spiro atoms. The molecule has 0 atom stereocenters. The van der Waals surface area contributed by atoms with E-state index in [-0.39, 0.29) is 0 Å². The zero-order chi connectivity index (χ0) is 16.4. The maximum absolute atomic E-state index is 5.75. The van der Waals surface area contributed by atoms with E-state index >= 15 is 0 Å². The van der Waals surface area contributed by atoms with Crippen molar-refractivity contribution in [2.45, 2.75) is 13.5 Å². The first-order chi connectivity index (χ1) is 11.8. The summed E-state index contributed by atoms with van der Waals surface area (Å²) in [6.45, 7) is 2.50. The molecule has 4 aromatic rings. The lowest BCUT2D eigenvalue weighted by molar-refractivity contribution is 0.474. The van der Waals surface area contributed by atoms with Crippen molar-refractivity contribution in [3.63, 3.8) is 0 Å². The molecule has 0 fully saturated rings. The van der Waals surface area contributed by atoms with Crippen LogP contribution in [0.4, 0.5) is 0 Å². The van der Waals surface area contributed by atoms with Gasteiger partial charge in [0.15, 0.2) is 0 Å². The molecular weight excluding hydrogens is 300 g/mol. The summed E-state index contributed by atoms with van der Waals surface area (Å²) in [4.78, 5) is 0. The fraction of sp³-hybridized carbons (Fsp3) is 0.105. The minimum absolute atomic E-state index is 0.450. The van der Waals surface area contributed by atoms with Gasteiger partial charge in [-0.2, -0.15) is 5.10 Å². The van der Waals surface area contributed by atoms with Gasteiger partial charge in [0.25, 0.3) is 0 Å². The van der Waals surface area contributed by atoms with Crippen molar-refractivity contribution in [1.29, 1.82) is 0 Å². The molecule has 0 radical (unpaired) electrons. The third-order valence-electron chi connectivity index (χ3n) is 3.80. The van der Waals surface area contributed by atoms with Crippen LogP contribution < -0.4 is 0 Å². The minimum Gasteiger partial charge on any atom is -0.419 e. The summed E-state index contributed by atoms with van der Waals surface area (Å²) in [5.41, 5.74) is 4.32. The van der Waals surface area contributed by atoms with Gasteiger partial charge in [0.1, 0.15) is 6.54 Å². The van der Waals surface area contributed by atoms with Crippen LogP contribution in [-0.4, -0.2) is 20.0 Å². The van der Waals surface area contributed by atoms with Gasteiger partial charge in [-0.3, -0.25) is 4.68 Å². The van der Waals surface area contributed by atoms with Crippen LogP contribution >= 0.6 is 0 Å². The van der Waals surface area contributed by atoms with E-state index in [0.717, 1.165) is 16.7 Å². The maximum atomic E-state index is 5.75. The van der Waals surface area contributed by atoms with E-state index in [1.807, 2.05) is 61.8 Å². The Morgan fingerprint density at radius 2 is 1.67 bits per heavy atom. The van der Waals surface area contributed by atoms with Crippen LogP contribution in [0.3, 0.4) is 0 Å². The van der Waals surface area contributed by atoms with Crippen LogP contribution in [0.1, 0.15) is 11.5 Å². The van der Waals surface area contributed by atoms with Gasteiger partial charge in [0.2, 0.25) is 11.8 Å². The quantitative estimate of drug-likeness (QED) is 0.572. The van der Waals surface area contributed by atoms with E-state index in [1.54, 1.807) is 4.68 Å². The van der Waals surface area contributed by atoms with Crippen LogP contribution in [0, 0.1) is 6.92 Å². The molecule has 118 valence electrons. The number of rotatable bonds is 4. The summed E-state index contributed by atoms with van der Waals surface area (Å²) in [6, 6.07) is 18.2. The molecule has 4 rings (SSSR count). The van der Waals surface area contributed by atoms with Crippen LogP contribution in [0.25, 0.3) is 22.6 Å². The summed E-state index contributed by atoms with van der Waals surface area (Å²) >= 11 is 0. The molecule has 2 aromatic heterocycles. The molecule has 0 bridgehead atoms. The normalized spacial score (nSPS) is 10.9. The topological polar surface area (TPSA) is 56.7 Å². The molecule has 5 heteroatoms. The molecule has 0 aliphatic carbocycles. The fourth-order valence-electron chi connectivity index (χ4n) is 2.50. The van der Waals surface area contributed by atoms with Gasteiger partial charge in [-0.25, -0.2) is 0 Å². The Morgan fingerprint density at radius 1 is 0.875 bits per heavy atom. The molecule has 0 aliphatic rings. The van der Waals surface area contributed by atoms with Crippen LogP contribution in [0.5, 0.6) is 0 Å². The van der Waals surface area contributed by atoms with Crippen molar-refractivity contribution in [3.8, 4) is 22.6 Å². The number of aromatic nitrogens is 4. The summed E-state index contributed by atoms with van der Waals surface area (Å²) in [5.74, 6) is 1.06. The third-order valence-corrected chi connectivity index (χ3v) is 3.80. The molecule has 2 aromatic carbocycles. The number of hydrogen-bond acceptors (Lipinski definition) is 4. The zero-order valence-electron chi connectivity index (χ0n) is 13.3. The first-order valence-corrected chi connectivity index (χ1v) is 7.75. The van der Waals surface area contributed by atoms with E-state index in [1.165, 1.54) is 5.56 Å². The van der Waals surface area contributed by atoms with Crippen LogP contribution in [-0.2, 0) is 6.54 Å². The second kappa shape index (κ2) is 6.12. The number of benzene rings is 2. The van der Waals surface area contributed by atoms with Crippen molar-refractivity contribution in [3.05, 3.63) is 78.4 Å². The molecule has 0 N–H and O–H groups in total. The Kier molecular flexibility index (Phi) is 3.67. The summed E-state index contributed by atoms with van der Waals surface area (Å²) < 4.78 is 7.55. The molecular formula is C19H16N4O. The first kappa shape index (κ1) is 14.4. The smallest absolute Gasteiger partial charge is 0.247 e. The maximum Gasteiger partial charge on any atom is 0.247 e. The largest absolute Gasteiger partial charge is 0.419 e. The van der Waals surface area contributed by atoms with Crippen molar-refractivity contribution in [2.24, 2.45) is 0 Å². The number of hydrogen-bond donors (Lipinski definition) is 0. The minimum atomic E-state index is 0.450. The summed E-state index contributed by atoms with van der Waals surface area (Å²) in [5, 5.41) is 12.6. The van der Waals surface area contributed by atoms with Gasteiger partial charge in [0, 0.05) is 17.3 Å². The van der Waals surface area contributed by atoms with E-state index in [4.69, 9.17) is 4.42 Å². The Bertz CT molecular complexity index is 939. The van der Waals surface area contributed by atoms with Gasteiger partial charge in [-0.1, -0.05) is 48.0 Å². The molecule has 0 saturated carbocycles. The number of nitrogens with zero attached hydrogens (tertiary/aromatic N) is 4. The van der Waals surface area contributed by atoms with E-state index in [9.17, 15) is 0 Å². The highest BCUT2D eigenvalue weighted by Crippen LogP contribution is 2.20. The molecule has 0 saturated heterocycles. The van der Waals surface area contributed by atoms with Gasteiger partial charge in [-0.05, 0) is 24.6 Å². The Balaban J connectivity index is 1.52. The van der Waals surface area contributed by atoms with Crippen LogP contribution in [0.2, 0.25) is 0 Å². The predicted octanol–water partition coefficient (Wildman–Crippen LogP) is 3.96. The number of aryl methyl sites for hydroxylation is 1. The first-order valence-electron chi connectivity index (χ1n) is 7.75. The van der Waals surface area contributed by atoms with E-state index in [2.05, 4.69) is 27.4 Å². The molecule has 0 amide bonds. The van der Waals surface area contributed by atoms with Gasteiger partial charge >= 0.3 is 0 Å². The van der Waals surface area contributed by atoms with E-state index in [0.29, 0.717) is 18.3 Å². The van der Waals surface area contributed by atoms with Gasteiger partial charge in [0.05, 0.1) is 6.20 Å². The Labute approximate surface area is 139 Å². The molecule has 5 nitrogen and oxygen atoms in total. The van der Waals surface area contributed by atoms with Gasteiger partial charge < -0.3 is 4.42 Å². The average molecular weight is 316 g/mol. The highest BCUT2D eigenvalue weighted by atomic mass is 16.4. The monoisotopic (exact) mass is 316 g/mol. The predicted molar refractivity (Wildman–Crippen MR) is 91.2 cm³/mol. The fourth-order valence-corrected chi connectivity index (χ4v) is 2.50. The molecule has 2 heterocycles. The summed E-state index contributed by atoms with van der Waals surface area (Å²) in [6.07, 6.45) is 3.82. The SMILES string of the molecule is Cc1ccc(-c2nnc(Cn3cc(-c4ccccc4)cn3)o2)cc1. The second-order valence-electron chi connectivity index (χ2n) is 5.66. The lowest BCUT2D eigenvalue weighted by Gasteiger charge is -1.97. The molecule has 0 aliphatic heterocycles. The lowest BCUT2D eigenvalue weighted by Crippen LogP contribution is -1.99. The standard InChI is InChI=1S/C19H16N4O/c1-14-7-9-16(10-8-14)19-22-21-18(24-19)13-23-12-17(11-20-23)15-5-3-2-4-6-15/h2-12H,13H2,1H3. The van der Waals surface area contributed by atoms with Crippen LogP contribution in [0.15, 0.2) is 71.4 Å². The van der Waals surface area contributed by atoms with Crippen molar-refractivity contribution in [2.75, 3.05) is 0 Å². The van der Waals surface area contributed by atoms with E-state index < -0.39 is 0 Å². The Hall–Kier alpha value is -3.21. The summed E-state index contributed by atoms with van der Waals surface area (Å²) in [7, 11) is 0. The second-order valence-corrected chi connectivity index (χ2v) is 5.66.